The Bertz CT molecular complexity index is 1140. The summed E-state index contributed by atoms with van der Waals surface area (Å²) in [6.45, 7) is 0.404. The van der Waals surface area contributed by atoms with E-state index in [1.165, 1.54) is 30.5 Å². The average Bonchev–Trinajstić information content (AvgIpc) is 2.68. The van der Waals surface area contributed by atoms with Gasteiger partial charge in [0.2, 0.25) is 0 Å². The second kappa shape index (κ2) is 9.75. The highest BCUT2D eigenvalue weighted by atomic mass is 79.9. The van der Waals surface area contributed by atoms with E-state index >= 15 is 0 Å². The summed E-state index contributed by atoms with van der Waals surface area (Å²) in [5, 5.41) is 4.31. The normalized spacial score (nSPS) is 11.6. The highest BCUT2D eigenvalue weighted by molar-refractivity contribution is 9.10. The van der Waals surface area contributed by atoms with E-state index in [4.69, 9.17) is 16.3 Å². The van der Waals surface area contributed by atoms with Crippen molar-refractivity contribution in [3.63, 3.8) is 0 Å². The summed E-state index contributed by atoms with van der Waals surface area (Å²) in [6, 6.07) is 19.1. The van der Waals surface area contributed by atoms with Crippen LogP contribution in [-0.2, 0) is 16.6 Å². The summed E-state index contributed by atoms with van der Waals surface area (Å²) in [5.41, 5.74) is 1.68. The van der Waals surface area contributed by atoms with Crippen molar-refractivity contribution in [2.75, 3.05) is 0 Å². The number of ether oxygens (including phenoxy) is 1. The Morgan fingerprint density at radius 3 is 2.52 bits per heavy atom. The van der Waals surface area contributed by atoms with Crippen molar-refractivity contribution >= 4 is 59.7 Å². The molecule has 0 saturated heterocycles. The lowest BCUT2D eigenvalue weighted by Crippen LogP contribution is -2.18. The predicted octanol–water partition coefficient (Wildman–Crippen LogP) is 5.76. The monoisotopic (exact) mass is 556 g/mol. The number of sulfonamides is 1. The quantitative estimate of drug-likeness (QED) is 0.296. The van der Waals surface area contributed by atoms with E-state index in [0.29, 0.717) is 22.9 Å². The Morgan fingerprint density at radius 1 is 1.03 bits per heavy atom. The molecule has 0 radical (unpaired) electrons. The first-order valence-corrected chi connectivity index (χ1v) is 11.8. The molecule has 5 nitrogen and oxygen atoms in total. The summed E-state index contributed by atoms with van der Waals surface area (Å²) < 4.78 is 32.1. The molecule has 0 atom stereocenters. The maximum atomic E-state index is 12.3. The largest absolute Gasteiger partial charge is 0.489 e. The van der Waals surface area contributed by atoms with Gasteiger partial charge in [-0.15, -0.1) is 0 Å². The zero-order valence-electron chi connectivity index (χ0n) is 14.8. The van der Waals surface area contributed by atoms with Crippen LogP contribution >= 0.6 is 43.5 Å². The molecule has 9 heteroatoms. The standard InChI is InChI=1S/C20H15Br2ClN2O3S/c21-16-3-1-2-14(10-16)13-28-18-6-9-20(22)15(11-18)12-24-25-29(26,27)19-7-4-17(23)5-8-19/h1-12,25H,13H2/b24-12+. The SMILES string of the molecule is O=S(=O)(N/N=C/c1cc(OCc2cccc(Br)c2)ccc1Br)c1ccc(Cl)cc1. The molecule has 1 N–H and O–H groups in total. The third kappa shape index (κ3) is 6.30. The van der Waals surface area contributed by atoms with Gasteiger partial charge in [0.05, 0.1) is 11.1 Å². The van der Waals surface area contributed by atoms with Gasteiger partial charge < -0.3 is 4.74 Å². The number of rotatable bonds is 7. The summed E-state index contributed by atoms with van der Waals surface area (Å²) >= 11 is 12.6. The van der Waals surface area contributed by atoms with Crippen molar-refractivity contribution in [2.45, 2.75) is 11.5 Å². The lowest BCUT2D eigenvalue weighted by Gasteiger charge is -2.08. The summed E-state index contributed by atoms with van der Waals surface area (Å²) in [5.74, 6) is 0.634. The fourth-order valence-electron chi connectivity index (χ4n) is 2.34. The topological polar surface area (TPSA) is 67.8 Å². The van der Waals surface area contributed by atoms with Gasteiger partial charge in [0.15, 0.2) is 0 Å². The predicted molar refractivity (Wildman–Crippen MR) is 122 cm³/mol. The summed E-state index contributed by atoms with van der Waals surface area (Å²) in [6.07, 6.45) is 1.41. The van der Waals surface area contributed by atoms with Gasteiger partial charge in [-0.3, -0.25) is 0 Å². The van der Waals surface area contributed by atoms with Crippen molar-refractivity contribution in [1.82, 2.24) is 4.83 Å². The van der Waals surface area contributed by atoms with Gasteiger partial charge in [0.25, 0.3) is 10.0 Å². The van der Waals surface area contributed by atoms with Crippen LogP contribution in [0.3, 0.4) is 0 Å². The molecule has 0 heterocycles. The minimum Gasteiger partial charge on any atom is -0.489 e. The van der Waals surface area contributed by atoms with Gasteiger partial charge in [0.1, 0.15) is 12.4 Å². The molecule has 3 rings (SSSR count). The van der Waals surface area contributed by atoms with E-state index in [0.717, 1.165) is 14.5 Å². The molecule has 3 aromatic carbocycles. The van der Waals surface area contributed by atoms with Gasteiger partial charge in [0, 0.05) is 19.5 Å². The zero-order valence-corrected chi connectivity index (χ0v) is 19.6. The molecule has 0 saturated carbocycles. The fourth-order valence-corrected chi connectivity index (χ4v) is 4.05. The van der Waals surface area contributed by atoms with Crippen LogP contribution in [0.2, 0.25) is 5.02 Å². The lowest BCUT2D eigenvalue weighted by molar-refractivity contribution is 0.306. The number of hydrogen-bond acceptors (Lipinski definition) is 4. The van der Waals surface area contributed by atoms with Crippen LogP contribution in [0.5, 0.6) is 5.75 Å². The van der Waals surface area contributed by atoms with Crippen LogP contribution in [0.25, 0.3) is 0 Å². The number of halogens is 3. The average molecular weight is 559 g/mol. The highest BCUT2D eigenvalue weighted by Gasteiger charge is 2.12. The minimum absolute atomic E-state index is 0.0734. The molecule has 0 spiro atoms. The maximum Gasteiger partial charge on any atom is 0.276 e. The zero-order chi connectivity index (χ0) is 20.9. The van der Waals surface area contributed by atoms with Crippen molar-refractivity contribution in [1.29, 1.82) is 0 Å². The van der Waals surface area contributed by atoms with Crippen LogP contribution in [0.1, 0.15) is 11.1 Å². The van der Waals surface area contributed by atoms with Crippen LogP contribution in [0.4, 0.5) is 0 Å². The van der Waals surface area contributed by atoms with Crippen molar-refractivity contribution in [3.8, 4) is 5.75 Å². The Hall–Kier alpha value is -1.87. The Morgan fingerprint density at radius 2 is 1.79 bits per heavy atom. The Kier molecular flexibility index (Phi) is 7.34. The van der Waals surface area contributed by atoms with E-state index < -0.39 is 10.0 Å². The third-order valence-corrected chi connectivity index (χ3v) is 6.47. The molecule has 0 aromatic heterocycles. The van der Waals surface area contributed by atoms with E-state index in [2.05, 4.69) is 41.8 Å². The molecule has 0 aliphatic heterocycles. The highest BCUT2D eigenvalue weighted by Crippen LogP contribution is 2.23. The lowest BCUT2D eigenvalue weighted by atomic mass is 10.2. The van der Waals surface area contributed by atoms with Crippen molar-refractivity contribution in [3.05, 3.63) is 91.8 Å². The molecule has 0 bridgehead atoms. The number of nitrogens with zero attached hydrogens (tertiary/aromatic N) is 1. The number of benzene rings is 3. The van der Waals surface area contributed by atoms with Gasteiger partial charge in [-0.05, 0) is 60.2 Å². The molecule has 29 heavy (non-hydrogen) atoms. The van der Waals surface area contributed by atoms with Gasteiger partial charge in [-0.2, -0.15) is 13.5 Å². The van der Waals surface area contributed by atoms with Gasteiger partial charge in [-0.25, -0.2) is 4.83 Å². The fraction of sp³-hybridized carbons (Fsp3) is 0.0500. The molecule has 0 amide bonds. The second-order valence-corrected chi connectivity index (χ2v) is 9.78. The molecular weight excluding hydrogens is 544 g/mol. The van der Waals surface area contributed by atoms with Gasteiger partial charge >= 0.3 is 0 Å². The van der Waals surface area contributed by atoms with Crippen molar-refractivity contribution in [2.24, 2.45) is 5.10 Å². The van der Waals surface area contributed by atoms with E-state index in [1.54, 1.807) is 6.07 Å². The van der Waals surface area contributed by atoms with Crippen LogP contribution < -0.4 is 9.57 Å². The molecule has 150 valence electrons. The van der Waals surface area contributed by atoms with Crippen LogP contribution in [0.15, 0.2) is 85.7 Å². The smallest absolute Gasteiger partial charge is 0.276 e. The summed E-state index contributed by atoms with van der Waals surface area (Å²) in [4.78, 5) is 2.26. The molecule has 3 aromatic rings. The molecule has 0 aliphatic rings. The molecule has 0 unspecified atom stereocenters. The van der Waals surface area contributed by atoms with E-state index in [-0.39, 0.29) is 4.90 Å². The Labute approximate surface area is 191 Å². The van der Waals surface area contributed by atoms with Gasteiger partial charge in [-0.1, -0.05) is 55.6 Å². The van der Waals surface area contributed by atoms with Crippen LogP contribution in [-0.4, -0.2) is 14.6 Å². The molecule has 0 aliphatic carbocycles. The van der Waals surface area contributed by atoms with E-state index in [1.807, 2.05) is 36.4 Å². The minimum atomic E-state index is -3.78. The Balaban J connectivity index is 1.68. The van der Waals surface area contributed by atoms with E-state index in [9.17, 15) is 8.42 Å². The van der Waals surface area contributed by atoms with Crippen LogP contribution in [0, 0.1) is 0 Å². The number of hydrogen-bond donors (Lipinski definition) is 1. The third-order valence-electron chi connectivity index (χ3n) is 3.76. The summed E-state index contributed by atoms with van der Waals surface area (Å²) in [7, 11) is -3.78. The first-order chi connectivity index (χ1) is 13.8. The molecule has 0 fully saturated rings. The first kappa shape index (κ1) is 21.8. The maximum absolute atomic E-state index is 12.3. The van der Waals surface area contributed by atoms with Crippen molar-refractivity contribution < 1.29 is 13.2 Å². The molecular formula is C20H15Br2ClN2O3S. The number of hydrazone groups is 1. The number of nitrogens with one attached hydrogen (secondary N) is 1. The second-order valence-electron chi connectivity index (χ2n) is 5.91. The first-order valence-electron chi connectivity index (χ1n) is 8.31.